The molecule has 1 fully saturated rings. The Labute approximate surface area is 83.9 Å². The maximum atomic E-state index is 6.26. The Bertz CT molecular complexity index is 313. The summed E-state index contributed by atoms with van der Waals surface area (Å²) in [5.41, 5.74) is 5.89. The molecule has 1 aromatic heterocycles. The first-order valence-electron chi connectivity index (χ1n) is 5.20. The molecule has 78 valence electrons. The van der Waals surface area contributed by atoms with Crippen LogP contribution < -0.4 is 5.73 Å². The van der Waals surface area contributed by atoms with E-state index in [1.807, 2.05) is 6.92 Å². The lowest BCUT2D eigenvalue weighted by Crippen LogP contribution is -2.40. The first kappa shape index (κ1) is 9.65. The lowest BCUT2D eigenvalue weighted by atomic mass is 9.78. The van der Waals surface area contributed by atoms with Crippen LogP contribution in [-0.4, -0.2) is 10.1 Å². The minimum Gasteiger partial charge on any atom is -0.337 e. The van der Waals surface area contributed by atoms with Crippen LogP contribution in [0.4, 0.5) is 0 Å². The molecule has 4 heteroatoms. The second-order valence-corrected chi connectivity index (χ2v) is 4.49. The van der Waals surface area contributed by atoms with Crippen LogP contribution >= 0.6 is 0 Å². The van der Waals surface area contributed by atoms with E-state index >= 15 is 0 Å². The fourth-order valence-corrected chi connectivity index (χ4v) is 1.99. The third kappa shape index (κ3) is 1.66. The molecular weight excluding hydrogens is 178 g/mol. The van der Waals surface area contributed by atoms with Gasteiger partial charge in [0.1, 0.15) is 0 Å². The van der Waals surface area contributed by atoms with Gasteiger partial charge in [0, 0.05) is 0 Å². The Hall–Kier alpha value is -0.900. The largest absolute Gasteiger partial charge is 0.337 e. The van der Waals surface area contributed by atoms with E-state index in [0.29, 0.717) is 11.7 Å². The van der Waals surface area contributed by atoms with Gasteiger partial charge in [0.2, 0.25) is 5.89 Å². The molecule has 1 aromatic rings. The van der Waals surface area contributed by atoms with Gasteiger partial charge in [-0.1, -0.05) is 12.1 Å². The van der Waals surface area contributed by atoms with Crippen LogP contribution in [0, 0.1) is 12.8 Å². The molecule has 0 spiro atoms. The number of nitrogens with two attached hydrogens (primary N) is 1. The van der Waals surface area contributed by atoms with Gasteiger partial charge in [0.05, 0.1) is 5.54 Å². The quantitative estimate of drug-likeness (QED) is 0.741. The molecule has 0 bridgehead atoms. The molecule has 1 aliphatic carbocycles. The number of hydrogen-bond donors (Lipinski definition) is 1. The zero-order chi connectivity index (χ0) is 10.2. The van der Waals surface area contributed by atoms with Crippen molar-refractivity contribution in [3.05, 3.63) is 11.7 Å². The van der Waals surface area contributed by atoms with E-state index in [2.05, 4.69) is 17.1 Å². The Morgan fingerprint density at radius 2 is 2.07 bits per heavy atom. The summed E-state index contributed by atoms with van der Waals surface area (Å²) in [6.07, 6.45) is 4.21. The zero-order valence-corrected chi connectivity index (χ0v) is 8.79. The summed E-state index contributed by atoms with van der Waals surface area (Å²) in [5, 5.41) is 3.79. The van der Waals surface area contributed by atoms with Crippen molar-refractivity contribution in [2.45, 2.75) is 45.1 Å². The molecule has 2 rings (SSSR count). The molecule has 1 heterocycles. The smallest absolute Gasteiger partial charge is 0.246 e. The summed E-state index contributed by atoms with van der Waals surface area (Å²) in [4.78, 5) is 4.23. The van der Waals surface area contributed by atoms with Crippen molar-refractivity contribution in [3.8, 4) is 0 Å². The topological polar surface area (TPSA) is 64.9 Å². The lowest BCUT2D eigenvalue weighted by Gasteiger charge is -2.32. The predicted octanol–water partition coefficient (Wildman–Crippen LogP) is 1.74. The Balaban J connectivity index is 2.16. The van der Waals surface area contributed by atoms with Crippen molar-refractivity contribution in [1.82, 2.24) is 10.1 Å². The highest BCUT2D eigenvalue weighted by Crippen LogP contribution is 2.36. The van der Waals surface area contributed by atoms with Crippen LogP contribution in [0.2, 0.25) is 0 Å². The van der Waals surface area contributed by atoms with Gasteiger partial charge in [-0.3, -0.25) is 0 Å². The molecule has 0 atom stereocenters. The highest BCUT2D eigenvalue weighted by molar-refractivity contribution is 5.03. The first-order valence-corrected chi connectivity index (χ1v) is 5.20. The molecule has 0 saturated heterocycles. The standard InChI is InChI=1S/C10H17N3O/c1-7-3-5-10(11,6-4-7)9-12-8(2)13-14-9/h7H,3-6,11H2,1-2H3. The summed E-state index contributed by atoms with van der Waals surface area (Å²) in [6.45, 7) is 4.08. The molecule has 0 radical (unpaired) electrons. The van der Waals surface area contributed by atoms with Crippen LogP contribution in [0.5, 0.6) is 0 Å². The summed E-state index contributed by atoms with van der Waals surface area (Å²) in [6, 6.07) is 0. The normalized spacial score (nSPS) is 33.2. The number of aromatic nitrogens is 2. The van der Waals surface area contributed by atoms with Gasteiger partial charge in [-0.2, -0.15) is 4.98 Å². The van der Waals surface area contributed by atoms with Gasteiger partial charge in [-0.25, -0.2) is 0 Å². The van der Waals surface area contributed by atoms with Crippen molar-refractivity contribution in [2.24, 2.45) is 11.7 Å². The van der Waals surface area contributed by atoms with Gasteiger partial charge >= 0.3 is 0 Å². The fraction of sp³-hybridized carbons (Fsp3) is 0.800. The zero-order valence-electron chi connectivity index (χ0n) is 8.79. The number of aryl methyl sites for hydroxylation is 1. The lowest BCUT2D eigenvalue weighted by molar-refractivity contribution is 0.190. The number of rotatable bonds is 1. The highest BCUT2D eigenvalue weighted by atomic mass is 16.5. The van der Waals surface area contributed by atoms with Gasteiger partial charge in [-0.15, -0.1) is 0 Å². The van der Waals surface area contributed by atoms with E-state index in [1.54, 1.807) is 0 Å². The number of nitrogens with zero attached hydrogens (tertiary/aromatic N) is 2. The van der Waals surface area contributed by atoms with E-state index in [4.69, 9.17) is 10.3 Å². The minimum atomic E-state index is -0.367. The van der Waals surface area contributed by atoms with Crippen molar-refractivity contribution in [1.29, 1.82) is 0 Å². The van der Waals surface area contributed by atoms with Gasteiger partial charge in [0.15, 0.2) is 5.82 Å². The summed E-state index contributed by atoms with van der Waals surface area (Å²) in [7, 11) is 0. The Kier molecular flexibility index (Phi) is 2.31. The second kappa shape index (κ2) is 3.35. The number of hydrogen-bond acceptors (Lipinski definition) is 4. The molecule has 14 heavy (non-hydrogen) atoms. The van der Waals surface area contributed by atoms with Gasteiger partial charge in [0.25, 0.3) is 0 Å². The average Bonchev–Trinajstić information content (AvgIpc) is 2.58. The molecule has 1 aliphatic rings. The van der Waals surface area contributed by atoms with Crippen LogP contribution in [0.3, 0.4) is 0 Å². The molecule has 0 unspecified atom stereocenters. The predicted molar refractivity (Wildman–Crippen MR) is 52.5 cm³/mol. The summed E-state index contributed by atoms with van der Waals surface area (Å²) < 4.78 is 5.16. The molecule has 4 nitrogen and oxygen atoms in total. The molecule has 1 saturated carbocycles. The third-order valence-electron chi connectivity index (χ3n) is 3.12. The van der Waals surface area contributed by atoms with Crippen molar-refractivity contribution in [3.63, 3.8) is 0 Å². The maximum absolute atomic E-state index is 6.26. The Morgan fingerprint density at radius 3 is 2.57 bits per heavy atom. The third-order valence-corrected chi connectivity index (χ3v) is 3.12. The minimum absolute atomic E-state index is 0.367. The van der Waals surface area contributed by atoms with E-state index in [-0.39, 0.29) is 5.54 Å². The van der Waals surface area contributed by atoms with E-state index in [0.717, 1.165) is 31.6 Å². The van der Waals surface area contributed by atoms with Crippen LogP contribution in [-0.2, 0) is 5.54 Å². The SMILES string of the molecule is Cc1noc(C2(N)CCC(C)CC2)n1. The summed E-state index contributed by atoms with van der Waals surface area (Å²) in [5.74, 6) is 2.06. The highest BCUT2D eigenvalue weighted by Gasteiger charge is 2.36. The summed E-state index contributed by atoms with van der Waals surface area (Å²) >= 11 is 0. The average molecular weight is 195 g/mol. The Morgan fingerprint density at radius 1 is 1.43 bits per heavy atom. The second-order valence-electron chi connectivity index (χ2n) is 4.49. The van der Waals surface area contributed by atoms with Crippen molar-refractivity contribution in [2.75, 3.05) is 0 Å². The molecule has 2 N–H and O–H groups in total. The van der Waals surface area contributed by atoms with Crippen molar-refractivity contribution >= 4 is 0 Å². The van der Waals surface area contributed by atoms with Crippen LogP contribution in [0.1, 0.15) is 44.3 Å². The molecular formula is C10H17N3O. The molecule has 0 amide bonds. The first-order chi connectivity index (χ1) is 6.60. The van der Waals surface area contributed by atoms with Crippen LogP contribution in [0.15, 0.2) is 4.52 Å². The van der Waals surface area contributed by atoms with E-state index in [1.165, 1.54) is 0 Å². The van der Waals surface area contributed by atoms with Gasteiger partial charge in [-0.05, 0) is 38.5 Å². The molecule has 0 aliphatic heterocycles. The van der Waals surface area contributed by atoms with E-state index in [9.17, 15) is 0 Å². The van der Waals surface area contributed by atoms with Gasteiger partial charge < -0.3 is 10.3 Å². The van der Waals surface area contributed by atoms with Crippen molar-refractivity contribution < 1.29 is 4.52 Å². The fourth-order valence-electron chi connectivity index (χ4n) is 1.99. The van der Waals surface area contributed by atoms with E-state index < -0.39 is 0 Å². The molecule has 0 aromatic carbocycles. The van der Waals surface area contributed by atoms with Crippen LogP contribution in [0.25, 0.3) is 0 Å². The maximum Gasteiger partial charge on any atom is 0.246 e. The monoisotopic (exact) mass is 195 g/mol.